The number of carboxylic acid groups (broad SMARTS) is 4. The maximum absolute atomic E-state index is 10.7. The van der Waals surface area contributed by atoms with Crippen molar-refractivity contribution in [2.45, 2.75) is 6.92 Å². The largest absolute Gasteiger partial charge is 0.508 e. The zero-order valence-electron chi connectivity index (χ0n) is 32.1. The van der Waals surface area contributed by atoms with Crippen molar-refractivity contribution in [1.82, 2.24) is 0 Å². The van der Waals surface area contributed by atoms with Crippen LogP contribution in [-0.4, -0.2) is 75.7 Å². The maximum Gasteiger partial charge on any atom is 0.335 e. The van der Waals surface area contributed by atoms with Gasteiger partial charge in [0.1, 0.15) is 28.7 Å². The van der Waals surface area contributed by atoms with Crippen molar-refractivity contribution in [2.24, 2.45) is 0 Å². The number of carbonyl (C=O) groups excluding carboxylic acids is 1. The number of nitrogens with one attached hydrogen (secondary N) is 1. The third-order valence-corrected chi connectivity index (χ3v) is 7.82. The van der Waals surface area contributed by atoms with E-state index < -0.39 is 23.9 Å². The fourth-order valence-corrected chi connectivity index (χ4v) is 4.78. The third-order valence-electron chi connectivity index (χ3n) is 7.82. The first-order chi connectivity index (χ1) is 28.9. The van der Waals surface area contributed by atoms with Gasteiger partial charge in [-0.2, -0.15) is 0 Å². The Morgan fingerprint density at radius 1 is 0.344 bits per heavy atom. The Hall–Kier alpha value is -8.85. The van der Waals surface area contributed by atoms with Crippen LogP contribution in [-0.2, 0) is 4.79 Å². The highest BCUT2D eigenvalue weighted by Gasteiger charge is 2.06. The van der Waals surface area contributed by atoms with Crippen LogP contribution in [0.5, 0.6) is 28.7 Å². The highest BCUT2D eigenvalue weighted by atomic mass is 16.4. The number of rotatable bonds is 6. The molecule has 0 bridgehead atoms. The standard InChI is InChI=1S/C12H10O2.C11H8O3.C8H9NO2.C8H6O4.C7H6O3/c13-11-5-1-9(2-6-11)10-3-7-12(14)8-4-10;12-10-4-3-7-5-9(11(13)14)2-1-8(7)6-10;1-6(10)9-7-2-4-8(11)5-3-7;9-7(10)5-1-2-6(4-3-5)8(11)12;8-6-3-1-5(2-4-6)7(9)10/h1-8,13-14H;1-6,12H,(H,13,14);2-5,11H,1H3,(H,9,10);1-4H,(H,9,10)(H,11,12);1-4,8H,(H,9,10). The number of aromatic hydroxyl groups is 5. The van der Waals surface area contributed by atoms with Crippen LogP contribution < -0.4 is 5.32 Å². The van der Waals surface area contributed by atoms with Gasteiger partial charge in [-0.25, -0.2) is 19.2 Å². The van der Waals surface area contributed by atoms with E-state index in [1.165, 1.54) is 79.7 Å². The summed E-state index contributed by atoms with van der Waals surface area (Å²) in [7, 11) is 0. The lowest BCUT2D eigenvalue weighted by atomic mass is 10.1. The monoisotopic (exact) mass is 829 g/mol. The summed E-state index contributed by atoms with van der Waals surface area (Å²) in [5.74, 6) is -3.21. The van der Waals surface area contributed by atoms with Gasteiger partial charge in [-0.05, 0) is 143 Å². The van der Waals surface area contributed by atoms with E-state index in [2.05, 4.69) is 5.32 Å². The van der Waals surface area contributed by atoms with Gasteiger partial charge in [-0.3, -0.25) is 4.79 Å². The molecule has 0 spiro atoms. The Bertz CT molecular complexity index is 2480. The van der Waals surface area contributed by atoms with E-state index in [0.717, 1.165) is 21.9 Å². The van der Waals surface area contributed by atoms with Crippen LogP contribution in [0.25, 0.3) is 21.9 Å². The van der Waals surface area contributed by atoms with Crippen molar-refractivity contribution < 1.29 is 69.9 Å². The predicted octanol–water partition coefficient (Wildman–Crippen LogP) is 8.53. The number of carbonyl (C=O) groups is 5. The predicted molar refractivity (Wildman–Crippen MR) is 226 cm³/mol. The summed E-state index contributed by atoms with van der Waals surface area (Å²) in [6.07, 6.45) is 0. The van der Waals surface area contributed by atoms with Crippen molar-refractivity contribution in [3.8, 4) is 39.9 Å². The number of aromatic carboxylic acids is 4. The zero-order valence-corrected chi connectivity index (χ0v) is 32.1. The quantitative estimate of drug-likeness (QED) is 0.0704. The molecule has 7 aromatic rings. The van der Waals surface area contributed by atoms with Gasteiger partial charge in [-0.1, -0.05) is 36.4 Å². The number of phenols is 5. The first kappa shape index (κ1) is 46.5. The Labute approximate surface area is 347 Å². The highest BCUT2D eigenvalue weighted by molar-refractivity contribution is 5.95. The number of fused-ring (bicyclic) bond motifs is 1. The molecule has 15 heteroatoms. The molecule has 0 radical (unpaired) electrons. The number of benzene rings is 7. The molecular weight excluding hydrogens is 790 g/mol. The average Bonchev–Trinajstić information content (AvgIpc) is 3.23. The van der Waals surface area contributed by atoms with E-state index in [9.17, 15) is 29.1 Å². The van der Waals surface area contributed by atoms with E-state index in [0.29, 0.717) is 5.69 Å². The van der Waals surface area contributed by atoms with Crippen LogP contribution in [0, 0.1) is 0 Å². The molecule has 0 saturated carbocycles. The molecular formula is C46H39NO14. The molecule has 7 aromatic carbocycles. The molecule has 312 valence electrons. The lowest BCUT2D eigenvalue weighted by Gasteiger charge is -2.01. The first-order valence-electron chi connectivity index (χ1n) is 17.6. The van der Waals surface area contributed by atoms with E-state index in [1.807, 2.05) is 24.3 Å². The SMILES string of the molecule is CC(=O)Nc1ccc(O)cc1.O=C(O)c1ccc(C(=O)O)cc1.O=C(O)c1ccc(O)cc1.O=C(O)c1ccc2cc(O)ccc2c1.Oc1ccc(-c2ccc(O)cc2)cc1. The van der Waals surface area contributed by atoms with Crippen molar-refractivity contribution in [3.05, 3.63) is 180 Å². The Morgan fingerprint density at radius 3 is 0.984 bits per heavy atom. The summed E-state index contributed by atoms with van der Waals surface area (Å²) in [5, 5.41) is 83.3. The summed E-state index contributed by atoms with van der Waals surface area (Å²) in [6, 6.07) is 40.2. The molecule has 1 amide bonds. The van der Waals surface area contributed by atoms with Gasteiger partial charge in [0, 0.05) is 12.6 Å². The van der Waals surface area contributed by atoms with E-state index >= 15 is 0 Å². The summed E-state index contributed by atoms with van der Waals surface area (Å²) >= 11 is 0. The van der Waals surface area contributed by atoms with Gasteiger partial charge >= 0.3 is 23.9 Å². The molecule has 0 aliphatic rings. The van der Waals surface area contributed by atoms with Crippen LogP contribution in [0.4, 0.5) is 5.69 Å². The molecule has 7 rings (SSSR count). The van der Waals surface area contributed by atoms with Gasteiger partial charge in [0.15, 0.2) is 0 Å². The fourth-order valence-electron chi connectivity index (χ4n) is 4.78. The van der Waals surface area contributed by atoms with Gasteiger partial charge in [-0.15, -0.1) is 0 Å². The van der Waals surface area contributed by atoms with E-state index in [4.69, 9.17) is 40.9 Å². The van der Waals surface area contributed by atoms with Crippen LogP contribution in [0.2, 0.25) is 0 Å². The molecule has 10 N–H and O–H groups in total. The van der Waals surface area contributed by atoms with E-state index in [-0.39, 0.29) is 56.9 Å². The minimum atomic E-state index is -1.06. The van der Waals surface area contributed by atoms with Gasteiger partial charge in [0.05, 0.1) is 22.3 Å². The van der Waals surface area contributed by atoms with Crippen LogP contribution in [0.3, 0.4) is 0 Å². The second-order valence-corrected chi connectivity index (χ2v) is 12.4. The average molecular weight is 830 g/mol. The van der Waals surface area contributed by atoms with Crippen molar-refractivity contribution in [1.29, 1.82) is 0 Å². The lowest BCUT2D eigenvalue weighted by molar-refractivity contribution is -0.114. The van der Waals surface area contributed by atoms with Crippen molar-refractivity contribution in [3.63, 3.8) is 0 Å². The number of carboxylic acids is 4. The van der Waals surface area contributed by atoms with Crippen LogP contribution in [0.1, 0.15) is 48.4 Å². The normalized spacial score (nSPS) is 9.66. The van der Waals surface area contributed by atoms with E-state index in [1.54, 1.807) is 60.7 Å². The number of anilines is 1. The molecule has 0 unspecified atom stereocenters. The number of phenolic OH excluding ortho intramolecular Hbond substituents is 5. The Balaban J connectivity index is 0.000000205. The fraction of sp³-hybridized carbons (Fsp3) is 0.0217. The smallest absolute Gasteiger partial charge is 0.335 e. The topological polar surface area (TPSA) is 279 Å². The number of hydrogen-bond acceptors (Lipinski definition) is 10. The van der Waals surface area contributed by atoms with Gasteiger partial charge in [0.25, 0.3) is 0 Å². The molecule has 61 heavy (non-hydrogen) atoms. The molecule has 15 nitrogen and oxygen atoms in total. The zero-order chi connectivity index (χ0) is 45.1. The molecule has 0 aromatic heterocycles. The second kappa shape index (κ2) is 22.8. The second-order valence-electron chi connectivity index (χ2n) is 12.4. The molecule has 0 fully saturated rings. The molecule has 0 aliphatic carbocycles. The Morgan fingerprint density at radius 2 is 0.623 bits per heavy atom. The van der Waals surface area contributed by atoms with Crippen LogP contribution in [0.15, 0.2) is 158 Å². The van der Waals surface area contributed by atoms with Gasteiger partial charge < -0.3 is 51.3 Å². The lowest BCUT2D eigenvalue weighted by Crippen LogP contribution is -2.04. The first-order valence-corrected chi connectivity index (χ1v) is 17.6. The molecule has 0 saturated heterocycles. The molecule has 0 aliphatic heterocycles. The summed E-state index contributed by atoms with van der Waals surface area (Å²) in [4.78, 5) is 52.1. The minimum absolute atomic E-state index is 0.0741. The molecule has 0 heterocycles. The molecule has 0 atom stereocenters. The highest BCUT2D eigenvalue weighted by Crippen LogP contribution is 2.24. The van der Waals surface area contributed by atoms with Crippen LogP contribution >= 0.6 is 0 Å². The minimum Gasteiger partial charge on any atom is -0.508 e. The Kier molecular flexibility index (Phi) is 17.4. The number of hydrogen-bond donors (Lipinski definition) is 10. The van der Waals surface area contributed by atoms with Crippen molar-refractivity contribution in [2.75, 3.05) is 5.32 Å². The number of amides is 1. The summed E-state index contributed by atoms with van der Waals surface area (Å²) < 4.78 is 0. The van der Waals surface area contributed by atoms with Crippen molar-refractivity contribution >= 4 is 46.2 Å². The summed E-state index contributed by atoms with van der Waals surface area (Å²) in [5.41, 5.74) is 3.32. The summed E-state index contributed by atoms with van der Waals surface area (Å²) in [6.45, 7) is 1.44. The third kappa shape index (κ3) is 16.3. The maximum atomic E-state index is 10.7. The van der Waals surface area contributed by atoms with Gasteiger partial charge in [0.2, 0.25) is 5.91 Å².